The topological polar surface area (TPSA) is 39.3 Å². The van der Waals surface area contributed by atoms with Gasteiger partial charge in [0, 0.05) is 31.6 Å². The first-order valence-corrected chi connectivity index (χ1v) is 8.36. The molecule has 0 aliphatic carbocycles. The van der Waals surface area contributed by atoms with Gasteiger partial charge in [-0.15, -0.1) is 0 Å². The monoisotopic (exact) mass is 288 g/mol. The lowest BCUT2D eigenvalue weighted by Gasteiger charge is -2.25. The van der Waals surface area contributed by atoms with Gasteiger partial charge in [0.05, 0.1) is 6.04 Å². The summed E-state index contributed by atoms with van der Waals surface area (Å²) in [5.41, 5.74) is 8.12. The zero-order valence-electron chi connectivity index (χ0n) is 13.0. The summed E-state index contributed by atoms with van der Waals surface area (Å²) < 4.78 is 0. The Labute approximate surface area is 128 Å². The van der Waals surface area contributed by atoms with Crippen molar-refractivity contribution in [2.45, 2.75) is 31.8 Å². The molecule has 0 saturated carbocycles. The fraction of sp³-hybridized carbons (Fsp3) is 0.647. The number of likely N-dealkylation sites (N-methyl/N-ethyl adjacent to an activating group) is 1. The van der Waals surface area contributed by atoms with Crippen LogP contribution in [0.1, 0.15) is 31.4 Å². The van der Waals surface area contributed by atoms with Crippen LogP contribution in [0.4, 0.5) is 0 Å². The molecule has 2 heterocycles. The molecule has 0 aromatic heterocycles. The highest BCUT2D eigenvalue weighted by molar-refractivity contribution is 5.20. The zero-order valence-corrected chi connectivity index (χ0v) is 13.0. The fourth-order valence-corrected chi connectivity index (χ4v) is 3.72. The molecule has 2 aliphatic rings. The van der Waals surface area contributed by atoms with Crippen LogP contribution in [0, 0.1) is 5.92 Å². The van der Waals surface area contributed by atoms with Gasteiger partial charge in [-0.2, -0.15) is 0 Å². The van der Waals surface area contributed by atoms with E-state index in [1.165, 1.54) is 31.5 Å². The third-order valence-electron chi connectivity index (χ3n) is 4.94. The van der Waals surface area contributed by atoms with E-state index in [0.717, 1.165) is 25.7 Å². The van der Waals surface area contributed by atoms with Crippen molar-refractivity contribution in [3.8, 4) is 0 Å². The summed E-state index contributed by atoms with van der Waals surface area (Å²) in [7, 11) is 0. The van der Waals surface area contributed by atoms with E-state index in [2.05, 4.69) is 58.3 Å². The molecular weight excluding hydrogens is 260 g/mol. The molecule has 0 amide bonds. The second-order valence-electron chi connectivity index (χ2n) is 6.26. The van der Waals surface area contributed by atoms with E-state index < -0.39 is 0 Å². The lowest BCUT2D eigenvalue weighted by atomic mass is 9.95. The highest BCUT2D eigenvalue weighted by Crippen LogP contribution is 2.24. The molecule has 116 valence electrons. The minimum atomic E-state index is 0.421. The Morgan fingerprint density at radius 1 is 1.24 bits per heavy atom. The molecule has 3 unspecified atom stereocenters. The molecule has 2 fully saturated rings. The minimum absolute atomic E-state index is 0.421. The van der Waals surface area contributed by atoms with Crippen LogP contribution in [0.25, 0.3) is 0 Å². The third-order valence-corrected chi connectivity index (χ3v) is 4.94. The largest absolute Gasteiger partial charge is 0.315 e. The number of benzene rings is 1. The number of hydrogen-bond donors (Lipinski definition) is 3. The maximum absolute atomic E-state index is 3.71. The standard InChI is InChI=1S/C17H28N4/c1-2-21-10-6-9-16(21)13-18-11-15-12-19-20-17(15)14-7-4-3-5-8-14/h3-5,7-8,15-20H,2,6,9-13H2,1H3. The average Bonchev–Trinajstić information content (AvgIpc) is 3.17. The summed E-state index contributed by atoms with van der Waals surface area (Å²) in [6.07, 6.45) is 2.71. The van der Waals surface area contributed by atoms with Gasteiger partial charge in [0.2, 0.25) is 0 Å². The van der Waals surface area contributed by atoms with Crippen molar-refractivity contribution < 1.29 is 0 Å². The van der Waals surface area contributed by atoms with Gasteiger partial charge in [-0.25, -0.2) is 5.43 Å². The van der Waals surface area contributed by atoms with Crippen molar-refractivity contribution >= 4 is 0 Å². The molecule has 2 saturated heterocycles. The maximum atomic E-state index is 3.71. The predicted molar refractivity (Wildman–Crippen MR) is 87.0 cm³/mol. The molecule has 0 radical (unpaired) electrons. The maximum Gasteiger partial charge on any atom is 0.0515 e. The van der Waals surface area contributed by atoms with Gasteiger partial charge >= 0.3 is 0 Å². The average molecular weight is 288 g/mol. The number of hydrogen-bond acceptors (Lipinski definition) is 4. The Balaban J connectivity index is 1.48. The molecule has 3 rings (SSSR count). The SMILES string of the molecule is CCN1CCCC1CNCC1CNNC1c1ccccc1. The molecule has 1 aromatic rings. The van der Waals surface area contributed by atoms with Crippen molar-refractivity contribution in [1.82, 2.24) is 21.1 Å². The van der Waals surface area contributed by atoms with E-state index in [-0.39, 0.29) is 0 Å². The van der Waals surface area contributed by atoms with Crippen molar-refractivity contribution in [2.24, 2.45) is 5.92 Å². The molecule has 21 heavy (non-hydrogen) atoms. The molecule has 4 nitrogen and oxygen atoms in total. The highest BCUT2D eigenvalue weighted by atomic mass is 15.4. The number of likely N-dealkylation sites (tertiary alicyclic amines) is 1. The first-order valence-electron chi connectivity index (χ1n) is 8.36. The summed E-state index contributed by atoms with van der Waals surface area (Å²) in [4.78, 5) is 2.60. The molecule has 3 atom stereocenters. The highest BCUT2D eigenvalue weighted by Gasteiger charge is 2.28. The summed E-state index contributed by atoms with van der Waals surface area (Å²) in [5.74, 6) is 0.615. The van der Waals surface area contributed by atoms with Gasteiger partial charge < -0.3 is 5.32 Å². The van der Waals surface area contributed by atoms with Crippen LogP contribution in [-0.4, -0.2) is 43.7 Å². The smallest absolute Gasteiger partial charge is 0.0515 e. The lowest BCUT2D eigenvalue weighted by Crippen LogP contribution is -2.40. The zero-order chi connectivity index (χ0) is 14.5. The van der Waals surface area contributed by atoms with Crippen molar-refractivity contribution in [1.29, 1.82) is 0 Å². The number of nitrogens with zero attached hydrogens (tertiary/aromatic N) is 1. The molecule has 4 heteroatoms. The van der Waals surface area contributed by atoms with Crippen molar-refractivity contribution in [2.75, 3.05) is 32.7 Å². The summed E-state index contributed by atoms with van der Waals surface area (Å²) >= 11 is 0. The first kappa shape index (κ1) is 15.0. The normalized spacial score (nSPS) is 30.0. The van der Waals surface area contributed by atoms with Crippen molar-refractivity contribution in [3.63, 3.8) is 0 Å². The van der Waals surface area contributed by atoms with Crippen LogP contribution in [0.15, 0.2) is 30.3 Å². The number of rotatable bonds is 6. The molecule has 1 aromatic carbocycles. The Morgan fingerprint density at radius 3 is 2.90 bits per heavy atom. The van der Waals surface area contributed by atoms with E-state index in [1.54, 1.807) is 0 Å². The van der Waals surface area contributed by atoms with E-state index in [9.17, 15) is 0 Å². The van der Waals surface area contributed by atoms with Crippen LogP contribution in [0.5, 0.6) is 0 Å². The van der Waals surface area contributed by atoms with Crippen LogP contribution >= 0.6 is 0 Å². The van der Waals surface area contributed by atoms with Crippen molar-refractivity contribution in [3.05, 3.63) is 35.9 Å². The fourth-order valence-electron chi connectivity index (χ4n) is 3.72. The Kier molecular flexibility index (Phi) is 5.25. The minimum Gasteiger partial charge on any atom is -0.315 e. The number of hydrazine groups is 1. The molecular formula is C17H28N4. The molecule has 0 bridgehead atoms. The summed E-state index contributed by atoms with van der Waals surface area (Å²) in [5, 5.41) is 3.71. The van der Waals surface area contributed by atoms with Gasteiger partial charge in [-0.1, -0.05) is 37.3 Å². The van der Waals surface area contributed by atoms with Gasteiger partial charge in [-0.05, 0) is 31.5 Å². The van der Waals surface area contributed by atoms with Crippen LogP contribution < -0.4 is 16.2 Å². The predicted octanol–water partition coefficient (Wildman–Crippen LogP) is 1.53. The summed E-state index contributed by atoms with van der Waals surface area (Å²) in [6, 6.07) is 11.9. The van der Waals surface area contributed by atoms with Crippen LogP contribution in [0.3, 0.4) is 0 Å². The van der Waals surface area contributed by atoms with Gasteiger partial charge in [0.1, 0.15) is 0 Å². The second-order valence-corrected chi connectivity index (χ2v) is 6.26. The van der Waals surface area contributed by atoms with E-state index in [0.29, 0.717) is 12.0 Å². The van der Waals surface area contributed by atoms with Crippen LogP contribution in [-0.2, 0) is 0 Å². The van der Waals surface area contributed by atoms with E-state index >= 15 is 0 Å². The first-order chi connectivity index (χ1) is 10.4. The number of nitrogens with one attached hydrogen (secondary N) is 3. The van der Waals surface area contributed by atoms with E-state index in [1.807, 2.05) is 0 Å². The quantitative estimate of drug-likeness (QED) is 0.742. The Hall–Kier alpha value is -0.940. The molecule has 2 aliphatic heterocycles. The summed E-state index contributed by atoms with van der Waals surface area (Å²) in [6.45, 7) is 7.98. The third kappa shape index (κ3) is 3.64. The Morgan fingerprint density at radius 2 is 2.10 bits per heavy atom. The van der Waals surface area contributed by atoms with Gasteiger partial charge in [-0.3, -0.25) is 10.3 Å². The van der Waals surface area contributed by atoms with Crippen LogP contribution in [0.2, 0.25) is 0 Å². The van der Waals surface area contributed by atoms with Gasteiger partial charge in [0.25, 0.3) is 0 Å². The lowest BCUT2D eigenvalue weighted by molar-refractivity contribution is 0.256. The molecule has 3 N–H and O–H groups in total. The Bertz CT molecular complexity index is 422. The van der Waals surface area contributed by atoms with E-state index in [4.69, 9.17) is 0 Å². The van der Waals surface area contributed by atoms with Gasteiger partial charge in [0.15, 0.2) is 0 Å². The molecule has 0 spiro atoms. The second kappa shape index (κ2) is 7.36.